The van der Waals surface area contributed by atoms with Gasteiger partial charge >= 0.3 is 0 Å². The third-order valence-electron chi connectivity index (χ3n) is 7.28. The fourth-order valence-corrected chi connectivity index (χ4v) is 5.42. The van der Waals surface area contributed by atoms with Crippen LogP contribution in [-0.4, -0.2) is 52.4 Å². The number of hydrogen-bond donors (Lipinski definition) is 4. The first kappa shape index (κ1) is 34.5. The van der Waals surface area contributed by atoms with Crippen LogP contribution in [0.1, 0.15) is 80.3 Å². The molecule has 4 N–H and O–H groups in total. The molecule has 0 heterocycles. The number of aliphatic hydroxyl groups is 1. The second-order valence-electron chi connectivity index (χ2n) is 12.4. The zero-order chi connectivity index (χ0) is 31.6. The first-order valence-electron chi connectivity index (χ1n) is 14.9. The monoisotopic (exact) mass is 609 g/mol. The number of rotatable bonds is 15. The van der Waals surface area contributed by atoms with Gasteiger partial charge in [-0.2, -0.15) is 4.18 Å². The molecule has 0 fully saturated rings. The molecule has 0 spiro atoms. The molecule has 0 aromatic heterocycles. The van der Waals surface area contributed by atoms with Crippen molar-refractivity contribution in [2.45, 2.75) is 77.4 Å². The van der Waals surface area contributed by atoms with Crippen molar-refractivity contribution in [3.05, 3.63) is 94.5 Å². The number of aromatic hydroxyl groups is 1. The van der Waals surface area contributed by atoms with Crippen molar-refractivity contribution in [1.82, 2.24) is 10.6 Å². The fraction of sp³-hybridized carbons (Fsp3) is 0.457. The molecule has 0 radical (unpaired) electrons. The molecule has 0 saturated heterocycles. The molecule has 1 amide bonds. The van der Waals surface area contributed by atoms with Gasteiger partial charge in [-0.25, -0.2) is 0 Å². The van der Waals surface area contributed by atoms with E-state index >= 15 is 0 Å². The Kier molecular flexibility index (Phi) is 12.5. The van der Waals surface area contributed by atoms with Gasteiger partial charge in [-0.3, -0.25) is 4.79 Å². The van der Waals surface area contributed by atoms with E-state index in [2.05, 4.69) is 51.5 Å². The summed E-state index contributed by atoms with van der Waals surface area (Å²) in [5.74, 6) is 0.825. The van der Waals surface area contributed by atoms with Crippen LogP contribution < -0.4 is 15.4 Å². The van der Waals surface area contributed by atoms with Crippen molar-refractivity contribution in [3.8, 4) is 11.5 Å². The lowest BCUT2D eigenvalue weighted by Crippen LogP contribution is -2.44. The molecular formula is C35H49N2O5S+. The predicted octanol–water partition coefficient (Wildman–Crippen LogP) is 5.89. The molecule has 0 saturated carbocycles. The van der Waals surface area contributed by atoms with Gasteiger partial charge in [0.1, 0.15) is 28.9 Å². The molecule has 7 nitrogen and oxygen atoms in total. The summed E-state index contributed by atoms with van der Waals surface area (Å²) in [6.45, 7) is 14.2. The quantitative estimate of drug-likeness (QED) is 0.161. The highest BCUT2D eigenvalue weighted by molar-refractivity contribution is 7.93. The number of aliphatic hydroxyl groups excluding tert-OH is 1. The highest BCUT2D eigenvalue weighted by Gasteiger charge is 2.36. The molecule has 2 atom stereocenters. The summed E-state index contributed by atoms with van der Waals surface area (Å²) in [5.41, 5.74) is 3.89. The summed E-state index contributed by atoms with van der Waals surface area (Å²) in [6.07, 6.45) is 3.26. The predicted molar refractivity (Wildman–Crippen MR) is 177 cm³/mol. The van der Waals surface area contributed by atoms with Crippen molar-refractivity contribution in [1.29, 1.82) is 0 Å². The number of carbonyl (C=O) groups excluding carboxylic acids is 1. The number of ether oxygens (including phenoxy) is 1. The molecule has 3 aromatic rings. The van der Waals surface area contributed by atoms with Crippen molar-refractivity contribution in [2.24, 2.45) is 0 Å². The van der Waals surface area contributed by atoms with Gasteiger partial charge < -0.3 is 25.6 Å². The molecule has 8 heteroatoms. The highest BCUT2D eigenvalue weighted by Crippen LogP contribution is 2.30. The van der Waals surface area contributed by atoms with Crippen LogP contribution in [0.25, 0.3) is 0 Å². The number of amides is 1. The summed E-state index contributed by atoms with van der Waals surface area (Å²) in [4.78, 5) is 13.0. The SMILES string of the molecule is CCOc1cccc(CCNC(=O)c2cccc(CC(C)(C)NC[C@H](O[S+](C)C(C)(C)C)c3ccc(O)c(CO)c3)c2)c1. The normalized spacial score (nSPS) is 13.4. The lowest BCUT2D eigenvalue weighted by atomic mass is 9.93. The molecule has 0 bridgehead atoms. The van der Waals surface area contributed by atoms with E-state index in [0.717, 1.165) is 28.9 Å². The number of nitrogens with one attached hydrogen (secondary N) is 2. The smallest absolute Gasteiger partial charge is 0.251 e. The molecule has 43 heavy (non-hydrogen) atoms. The zero-order valence-corrected chi connectivity index (χ0v) is 27.5. The van der Waals surface area contributed by atoms with E-state index in [4.69, 9.17) is 8.92 Å². The van der Waals surface area contributed by atoms with E-state index in [-0.39, 0.29) is 45.8 Å². The van der Waals surface area contributed by atoms with Crippen LogP contribution in [0.2, 0.25) is 0 Å². The van der Waals surface area contributed by atoms with E-state index < -0.39 is 0 Å². The van der Waals surface area contributed by atoms with Crippen LogP contribution in [0.4, 0.5) is 0 Å². The Labute approximate surface area is 260 Å². The summed E-state index contributed by atoms with van der Waals surface area (Å²) in [7, 11) is 0. The van der Waals surface area contributed by atoms with Crippen molar-refractivity contribution in [3.63, 3.8) is 0 Å². The third-order valence-corrected chi connectivity index (χ3v) is 9.52. The van der Waals surface area contributed by atoms with Gasteiger partial charge in [0.05, 0.1) is 13.2 Å². The number of carbonyl (C=O) groups is 1. The topological polar surface area (TPSA) is 100 Å². The Bertz CT molecular complexity index is 1340. The minimum atomic E-state index is -0.340. The number of benzene rings is 3. The second-order valence-corrected chi connectivity index (χ2v) is 14.8. The van der Waals surface area contributed by atoms with Crippen LogP contribution in [0.5, 0.6) is 11.5 Å². The largest absolute Gasteiger partial charge is 0.508 e. The maximum Gasteiger partial charge on any atom is 0.251 e. The molecule has 0 aliphatic rings. The van der Waals surface area contributed by atoms with E-state index in [0.29, 0.717) is 37.2 Å². The van der Waals surface area contributed by atoms with Gasteiger partial charge in [-0.05, 0) is 107 Å². The lowest BCUT2D eigenvalue weighted by molar-refractivity contribution is 0.0954. The van der Waals surface area contributed by atoms with Crippen LogP contribution in [-0.2, 0) is 34.8 Å². The summed E-state index contributed by atoms with van der Waals surface area (Å²) in [5, 5.41) is 26.5. The molecule has 234 valence electrons. The first-order chi connectivity index (χ1) is 20.3. The van der Waals surface area contributed by atoms with E-state index in [1.807, 2.05) is 67.6 Å². The molecule has 0 aliphatic carbocycles. The van der Waals surface area contributed by atoms with E-state index in [1.165, 1.54) is 0 Å². The molecule has 3 aromatic carbocycles. The molecule has 1 unspecified atom stereocenters. The van der Waals surface area contributed by atoms with Crippen LogP contribution >= 0.6 is 0 Å². The second kappa shape index (κ2) is 15.6. The maximum atomic E-state index is 13.0. The fourth-order valence-electron chi connectivity index (χ4n) is 4.60. The molecular weight excluding hydrogens is 560 g/mol. The summed E-state index contributed by atoms with van der Waals surface area (Å²) >= 11 is -0.340. The Balaban J connectivity index is 1.63. The van der Waals surface area contributed by atoms with Crippen LogP contribution in [0, 0.1) is 0 Å². The first-order valence-corrected chi connectivity index (χ1v) is 16.5. The Morgan fingerprint density at radius 3 is 2.40 bits per heavy atom. The molecule has 0 aliphatic heterocycles. The minimum Gasteiger partial charge on any atom is -0.508 e. The van der Waals surface area contributed by atoms with E-state index in [9.17, 15) is 15.0 Å². The average Bonchev–Trinajstić information content (AvgIpc) is 2.95. The highest BCUT2D eigenvalue weighted by atomic mass is 32.2. The van der Waals surface area contributed by atoms with Gasteiger partial charge in [-0.15, -0.1) is 0 Å². The molecule has 3 rings (SSSR count). The van der Waals surface area contributed by atoms with Gasteiger partial charge in [0, 0.05) is 29.8 Å². The van der Waals surface area contributed by atoms with Crippen LogP contribution in [0.15, 0.2) is 66.7 Å². The Morgan fingerprint density at radius 1 is 0.977 bits per heavy atom. The van der Waals surface area contributed by atoms with Gasteiger partial charge in [0.25, 0.3) is 5.91 Å². The van der Waals surface area contributed by atoms with Crippen molar-refractivity contribution in [2.75, 3.05) is 26.0 Å². The van der Waals surface area contributed by atoms with Crippen LogP contribution in [0.3, 0.4) is 0 Å². The third kappa shape index (κ3) is 10.9. The number of hydrogen-bond acceptors (Lipinski definition) is 6. The van der Waals surface area contributed by atoms with Gasteiger partial charge in [-0.1, -0.05) is 30.3 Å². The number of phenols is 1. The standard InChI is InChI=1S/C35H48N2O5S/c1-8-41-30-14-10-11-25(20-30)17-18-36-33(40)28-13-9-12-26(19-28)22-35(5,6)37-23-32(42-43(7)34(2,3)4)27-15-16-31(39)29(21-27)24-38/h9-16,19-21,32,37-38H,8,17-18,22-24H2,1-7H3,(H-,36,39,40)/p+1/t32-,43?/m0/s1. The Hall–Kier alpha value is -3.04. The van der Waals surface area contributed by atoms with Crippen molar-refractivity contribution < 1.29 is 23.9 Å². The lowest BCUT2D eigenvalue weighted by Gasteiger charge is -2.30. The zero-order valence-electron chi connectivity index (χ0n) is 26.7. The van der Waals surface area contributed by atoms with Gasteiger partial charge in [0.15, 0.2) is 10.9 Å². The van der Waals surface area contributed by atoms with Crippen molar-refractivity contribution >= 4 is 17.1 Å². The maximum absolute atomic E-state index is 13.0. The minimum absolute atomic E-state index is 0.0288. The average molecular weight is 610 g/mol. The summed E-state index contributed by atoms with van der Waals surface area (Å²) in [6, 6.07) is 21.0. The Morgan fingerprint density at radius 2 is 1.70 bits per heavy atom. The van der Waals surface area contributed by atoms with Gasteiger partial charge in [0.2, 0.25) is 0 Å². The summed E-state index contributed by atoms with van der Waals surface area (Å²) < 4.78 is 12.1. The van der Waals surface area contributed by atoms with E-state index in [1.54, 1.807) is 6.07 Å².